The average molecular weight is 327 g/mol. The summed E-state index contributed by atoms with van der Waals surface area (Å²) in [6.45, 7) is 1.02. The molecule has 6 heteroatoms. The molecule has 0 aliphatic carbocycles. The quantitative estimate of drug-likeness (QED) is 0.558. The van der Waals surface area contributed by atoms with Gasteiger partial charge in [0.2, 0.25) is 0 Å². The molecule has 0 aliphatic heterocycles. The number of rotatable bonds is 5. The first-order valence-electron chi connectivity index (χ1n) is 7.21. The van der Waals surface area contributed by atoms with Crippen molar-refractivity contribution in [1.29, 1.82) is 0 Å². The van der Waals surface area contributed by atoms with E-state index < -0.39 is 0 Å². The van der Waals surface area contributed by atoms with Crippen LogP contribution < -0.4 is 10.6 Å². The van der Waals surface area contributed by atoms with Crippen molar-refractivity contribution in [2.24, 2.45) is 0 Å². The van der Waals surface area contributed by atoms with Crippen molar-refractivity contribution >= 4 is 34.1 Å². The van der Waals surface area contributed by atoms with Crippen LogP contribution >= 0.6 is 11.6 Å². The predicted molar refractivity (Wildman–Crippen MR) is 91.8 cm³/mol. The largest absolute Gasteiger partial charge is 0.368 e. The molecule has 0 aliphatic rings. The fourth-order valence-electron chi connectivity index (χ4n) is 2.21. The molecule has 1 amide bonds. The van der Waals surface area contributed by atoms with Gasteiger partial charge in [0.05, 0.1) is 5.56 Å². The van der Waals surface area contributed by atoms with Crippen LogP contribution in [0.5, 0.6) is 0 Å². The molecule has 0 saturated carbocycles. The monoisotopic (exact) mass is 326 g/mol. The SMILES string of the molecule is O=C(NCCNc1cc2ccccc2c(Cl)n1)c1cccnc1. The van der Waals surface area contributed by atoms with Crippen LogP contribution in [-0.2, 0) is 0 Å². The molecule has 3 aromatic rings. The Balaban J connectivity index is 1.56. The molecule has 23 heavy (non-hydrogen) atoms. The molecule has 0 fully saturated rings. The summed E-state index contributed by atoms with van der Waals surface area (Å²) >= 11 is 6.18. The first kappa shape index (κ1) is 15.2. The molecule has 2 heterocycles. The van der Waals surface area contributed by atoms with E-state index in [2.05, 4.69) is 20.6 Å². The van der Waals surface area contributed by atoms with Crippen molar-refractivity contribution in [3.63, 3.8) is 0 Å². The summed E-state index contributed by atoms with van der Waals surface area (Å²) in [5.41, 5.74) is 0.541. The summed E-state index contributed by atoms with van der Waals surface area (Å²) in [4.78, 5) is 20.1. The van der Waals surface area contributed by atoms with Gasteiger partial charge in [0.25, 0.3) is 5.91 Å². The van der Waals surface area contributed by atoms with E-state index in [0.29, 0.717) is 29.6 Å². The maximum absolute atomic E-state index is 11.9. The van der Waals surface area contributed by atoms with Crippen LogP contribution in [0.15, 0.2) is 54.9 Å². The molecule has 1 aromatic carbocycles. The van der Waals surface area contributed by atoms with E-state index in [-0.39, 0.29) is 5.91 Å². The minimum atomic E-state index is -0.149. The Hall–Kier alpha value is -2.66. The minimum absolute atomic E-state index is 0.149. The third-order valence-corrected chi connectivity index (χ3v) is 3.62. The molecule has 0 bridgehead atoms. The first-order valence-corrected chi connectivity index (χ1v) is 7.59. The second-order valence-electron chi connectivity index (χ2n) is 4.94. The van der Waals surface area contributed by atoms with Gasteiger partial charge in [-0.25, -0.2) is 4.98 Å². The second kappa shape index (κ2) is 7.07. The van der Waals surface area contributed by atoms with Gasteiger partial charge >= 0.3 is 0 Å². The lowest BCUT2D eigenvalue weighted by Crippen LogP contribution is -2.28. The number of carbonyl (C=O) groups excluding carboxylic acids is 1. The highest BCUT2D eigenvalue weighted by Gasteiger charge is 2.05. The Labute approximate surface area is 138 Å². The van der Waals surface area contributed by atoms with Gasteiger partial charge in [-0.15, -0.1) is 0 Å². The Bertz CT molecular complexity index is 823. The van der Waals surface area contributed by atoms with Gasteiger partial charge in [0, 0.05) is 30.9 Å². The van der Waals surface area contributed by atoms with Crippen LogP contribution in [0, 0.1) is 0 Å². The highest BCUT2D eigenvalue weighted by molar-refractivity contribution is 6.34. The zero-order chi connectivity index (χ0) is 16.1. The van der Waals surface area contributed by atoms with Crippen molar-refractivity contribution in [3.8, 4) is 0 Å². The van der Waals surface area contributed by atoms with Crippen LogP contribution in [0.2, 0.25) is 5.15 Å². The van der Waals surface area contributed by atoms with E-state index in [1.54, 1.807) is 18.3 Å². The van der Waals surface area contributed by atoms with Gasteiger partial charge in [-0.05, 0) is 23.6 Å². The van der Waals surface area contributed by atoms with Crippen molar-refractivity contribution < 1.29 is 4.79 Å². The first-order chi connectivity index (χ1) is 11.2. The van der Waals surface area contributed by atoms with Gasteiger partial charge in [-0.2, -0.15) is 0 Å². The highest BCUT2D eigenvalue weighted by Crippen LogP contribution is 2.24. The Kier molecular flexibility index (Phi) is 4.68. The van der Waals surface area contributed by atoms with E-state index >= 15 is 0 Å². The summed E-state index contributed by atoms with van der Waals surface area (Å²) < 4.78 is 0. The molecule has 2 aromatic heterocycles. The molecule has 5 nitrogen and oxygen atoms in total. The Morgan fingerprint density at radius 2 is 2.00 bits per heavy atom. The van der Waals surface area contributed by atoms with Gasteiger partial charge in [0.15, 0.2) is 0 Å². The summed E-state index contributed by atoms with van der Waals surface area (Å²) in [5, 5.41) is 8.38. The lowest BCUT2D eigenvalue weighted by Gasteiger charge is -2.09. The molecule has 2 N–H and O–H groups in total. The number of hydrogen-bond donors (Lipinski definition) is 2. The molecule has 0 radical (unpaired) electrons. The van der Waals surface area contributed by atoms with Crippen LogP contribution in [0.25, 0.3) is 10.8 Å². The number of benzene rings is 1. The normalized spacial score (nSPS) is 10.5. The Morgan fingerprint density at radius 3 is 2.83 bits per heavy atom. The zero-order valence-electron chi connectivity index (χ0n) is 12.3. The van der Waals surface area contributed by atoms with E-state index in [9.17, 15) is 4.79 Å². The lowest BCUT2D eigenvalue weighted by molar-refractivity contribution is 0.0955. The number of halogens is 1. The summed E-state index contributed by atoms with van der Waals surface area (Å²) in [7, 11) is 0. The summed E-state index contributed by atoms with van der Waals surface area (Å²) in [5.74, 6) is 0.536. The summed E-state index contributed by atoms with van der Waals surface area (Å²) in [6, 6.07) is 13.2. The number of anilines is 1. The number of nitrogens with zero attached hydrogens (tertiary/aromatic N) is 2. The lowest BCUT2D eigenvalue weighted by atomic mass is 10.2. The fourth-order valence-corrected chi connectivity index (χ4v) is 2.48. The number of carbonyl (C=O) groups is 1. The number of pyridine rings is 2. The molecular formula is C17H15ClN4O. The molecule has 116 valence electrons. The van der Waals surface area contributed by atoms with Crippen molar-refractivity contribution in [1.82, 2.24) is 15.3 Å². The van der Waals surface area contributed by atoms with E-state index in [4.69, 9.17) is 11.6 Å². The average Bonchev–Trinajstić information content (AvgIpc) is 2.59. The van der Waals surface area contributed by atoms with E-state index in [0.717, 1.165) is 10.8 Å². The van der Waals surface area contributed by atoms with Crippen LogP contribution in [-0.4, -0.2) is 29.0 Å². The number of hydrogen-bond acceptors (Lipinski definition) is 4. The number of aromatic nitrogens is 2. The molecule has 0 saturated heterocycles. The third-order valence-electron chi connectivity index (χ3n) is 3.33. The van der Waals surface area contributed by atoms with Gasteiger partial charge in [-0.1, -0.05) is 35.9 Å². The smallest absolute Gasteiger partial charge is 0.252 e. The molecule has 0 unspecified atom stereocenters. The number of fused-ring (bicyclic) bond motifs is 1. The predicted octanol–water partition coefficient (Wildman–Crippen LogP) is 3.13. The van der Waals surface area contributed by atoms with Crippen LogP contribution in [0.1, 0.15) is 10.4 Å². The number of nitrogens with one attached hydrogen (secondary N) is 2. The highest BCUT2D eigenvalue weighted by atomic mass is 35.5. The maximum atomic E-state index is 11.9. The minimum Gasteiger partial charge on any atom is -0.368 e. The topological polar surface area (TPSA) is 66.9 Å². The molecule has 3 rings (SSSR count). The van der Waals surface area contributed by atoms with Crippen molar-refractivity contribution in [3.05, 3.63) is 65.6 Å². The third kappa shape index (κ3) is 3.76. The Morgan fingerprint density at radius 1 is 1.13 bits per heavy atom. The maximum Gasteiger partial charge on any atom is 0.252 e. The van der Waals surface area contributed by atoms with Gasteiger partial charge in [-0.3, -0.25) is 9.78 Å². The van der Waals surface area contributed by atoms with Gasteiger partial charge < -0.3 is 10.6 Å². The second-order valence-corrected chi connectivity index (χ2v) is 5.30. The summed E-state index contributed by atoms with van der Waals surface area (Å²) in [6.07, 6.45) is 3.17. The number of amides is 1. The molecule has 0 spiro atoms. The molecule has 0 atom stereocenters. The van der Waals surface area contributed by atoms with E-state index in [1.165, 1.54) is 6.20 Å². The van der Waals surface area contributed by atoms with E-state index in [1.807, 2.05) is 30.3 Å². The standard InChI is InChI=1S/C17H15ClN4O/c18-16-14-6-2-1-4-12(14)10-15(22-16)20-8-9-21-17(23)13-5-3-7-19-11-13/h1-7,10-11H,8-9H2,(H,20,22)(H,21,23). The van der Waals surface area contributed by atoms with Crippen LogP contribution in [0.3, 0.4) is 0 Å². The van der Waals surface area contributed by atoms with Gasteiger partial charge in [0.1, 0.15) is 11.0 Å². The van der Waals surface area contributed by atoms with Crippen LogP contribution in [0.4, 0.5) is 5.82 Å². The van der Waals surface area contributed by atoms with Crippen molar-refractivity contribution in [2.75, 3.05) is 18.4 Å². The molecular weight excluding hydrogens is 312 g/mol. The fraction of sp³-hybridized carbons (Fsp3) is 0.118. The van der Waals surface area contributed by atoms with Crippen molar-refractivity contribution in [2.45, 2.75) is 0 Å². The zero-order valence-corrected chi connectivity index (χ0v) is 13.0.